The maximum absolute atomic E-state index is 12.9. The number of ether oxygens (including phenoxy) is 1. The van der Waals surface area contributed by atoms with Crippen LogP contribution in [0.3, 0.4) is 0 Å². The van der Waals surface area contributed by atoms with Crippen LogP contribution in [0.1, 0.15) is 23.2 Å². The Morgan fingerprint density at radius 1 is 1.38 bits per heavy atom. The van der Waals surface area contributed by atoms with E-state index in [0.29, 0.717) is 40.1 Å². The van der Waals surface area contributed by atoms with E-state index in [1.54, 1.807) is 18.2 Å². The first kappa shape index (κ1) is 16.6. The number of rotatable bonds is 3. The number of hydrogen-bond acceptors (Lipinski definition) is 3. The lowest BCUT2D eigenvalue weighted by Gasteiger charge is -2.30. The second-order valence-electron chi connectivity index (χ2n) is 7.61. The molecule has 3 saturated heterocycles. The summed E-state index contributed by atoms with van der Waals surface area (Å²) in [5.74, 6) is 0.971. The molecule has 0 unspecified atom stereocenters. The van der Waals surface area contributed by atoms with Gasteiger partial charge in [0.1, 0.15) is 0 Å². The number of amides is 1. The average molecular weight is 369 g/mol. The molecule has 4 rings (SSSR count). The van der Waals surface area contributed by atoms with E-state index in [0.717, 1.165) is 25.9 Å². The molecule has 4 nitrogen and oxygen atoms in total. The predicted octanol–water partition coefficient (Wildman–Crippen LogP) is 3.17. The largest absolute Gasteiger partial charge is 0.369 e. The highest BCUT2D eigenvalue weighted by molar-refractivity contribution is 6.42. The molecule has 3 heterocycles. The van der Waals surface area contributed by atoms with E-state index in [9.17, 15) is 4.79 Å². The minimum Gasteiger partial charge on any atom is -0.369 e. The molecule has 0 radical (unpaired) electrons. The van der Waals surface area contributed by atoms with Crippen molar-refractivity contribution in [3.63, 3.8) is 0 Å². The maximum Gasteiger partial charge on any atom is 0.254 e. The zero-order valence-corrected chi connectivity index (χ0v) is 15.5. The van der Waals surface area contributed by atoms with E-state index in [-0.39, 0.29) is 11.5 Å². The molecule has 2 bridgehead atoms. The van der Waals surface area contributed by atoms with Gasteiger partial charge >= 0.3 is 0 Å². The number of fused-ring (bicyclic) bond motifs is 1. The first-order valence-corrected chi connectivity index (χ1v) is 9.22. The third kappa shape index (κ3) is 2.55. The number of carbonyl (C=O) groups is 1. The number of likely N-dealkylation sites (tertiary alicyclic amines) is 1. The Labute approximate surface area is 152 Å². The smallest absolute Gasteiger partial charge is 0.254 e. The Morgan fingerprint density at radius 2 is 2.17 bits per heavy atom. The molecule has 130 valence electrons. The number of carbonyl (C=O) groups excluding carboxylic acids is 1. The van der Waals surface area contributed by atoms with E-state index in [2.05, 4.69) is 19.0 Å². The van der Waals surface area contributed by atoms with E-state index < -0.39 is 0 Å². The van der Waals surface area contributed by atoms with Crippen LogP contribution in [0.4, 0.5) is 0 Å². The molecule has 0 aromatic heterocycles. The van der Waals surface area contributed by atoms with E-state index in [4.69, 9.17) is 27.9 Å². The maximum atomic E-state index is 12.9. The normalized spacial score (nSPS) is 34.2. The summed E-state index contributed by atoms with van der Waals surface area (Å²) in [6.07, 6.45) is 2.54. The second kappa shape index (κ2) is 5.87. The van der Waals surface area contributed by atoms with Crippen LogP contribution in [0.25, 0.3) is 0 Å². The van der Waals surface area contributed by atoms with Gasteiger partial charge in [-0.3, -0.25) is 4.79 Å². The van der Waals surface area contributed by atoms with Crippen LogP contribution in [0, 0.1) is 11.8 Å². The summed E-state index contributed by atoms with van der Waals surface area (Å²) in [4.78, 5) is 17.1. The van der Waals surface area contributed by atoms with Crippen molar-refractivity contribution in [2.45, 2.75) is 24.5 Å². The Hall–Kier alpha value is -0.810. The van der Waals surface area contributed by atoms with Gasteiger partial charge in [-0.2, -0.15) is 0 Å². The molecule has 0 saturated carbocycles. The van der Waals surface area contributed by atoms with Crippen LogP contribution in [-0.2, 0) is 4.74 Å². The number of hydrogen-bond donors (Lipinski definition) is 0. The summed E-state index contributed by atoms with van der Waals surface area (Å²) in [6, 6.07) is 5.09. The fourth-order valence-electron chi connectivity index (χ4n) is 4.82. The SMILES string of the molecule is CN(C)C[C@H]1[C@H]2CN(C(=O)c3ccc(Cl)c(Cl)c3)C[C@]23CC[C@H]1O3. The number of benzene rings is 1. The van der Waals surface area contributed by atoms with Gasteiger partial charge in [-0.25, -0.2) is 0 Å². The number of nitrogens with zero attached hydrogens (tertiary/aromatic N) is 2. The van der Waals surface area contributed by atoms with Crippen molar-refractivity contribution in [2.75, 3.05) is 33.7 Å². The summed E-state index contributed by atoms with van der Waals surface area (Å²) in [5, 5.41) is 0.890. The monoisotopic (exact) mass is 368 g/mol. The van der Waals surface area contributed by atoms with Gasteiger partial charge in [0.05, 0.1) is 28.3 Å². The third-order valence-electron chi connectivity index (χ3n) is 5.81. The lowest BCUT2D eigenvalue weighted by molar-refractivity contribution is 0.00256. The molecular formula is C18H22Cl2N2O2. The molecule has 24 heavy (non-hydrogen) atoms. The molecule has 4 atom stereocenters. The van der Waals surface area contributed by atoms with Crippen LogP contribution in [-0.4, -0.2) is 61.1 Å². The van der Waals surface area contributed by atoms with Crippen molar-refractivity contribution in [2.24, 2.45) is 11.8 Å². The Balaban J connectivity index is 1.55. The lowest BCUT2D eigenvalue weighted by atomic mass is 9.73. The van der Waals surface area contributed by atoms with Crippen molar-refractivity contribution < 1.29 is 9.53 Å². The zero-order valence-electron chi connectivity index (χ0n) is 14.0. The molecule has 3 aliphatic rings. The van der Waals surface area contributed by atoms with Gasteiger partial charge in [-0.05, 0) is 45.1 Å². The fraction of sp³-hybridized carbons (Fsp3) is 0.611. The van der Waals surface area contributed by atoms with Crippen LogP contribution in [0.2, 0.25) is 10.0 Å². The van der Waals surface area contributed by atoms with Crippen molar-refractivity contribution >= 4 is 29.1 Å². The second-order valence-corrected chi connectivity index (χ2v) is 8.42. The van der Waals surface area contributed by atoms with Gasteiger partial charge in [-0.15, -0.1) is 0 Å². The predicted molar refractivity (Wildman–Crippen MR) is 94.7 cm³/mol. The zero-order chi connectivity index (χ0) is 17.1. The van der Waals surface area contributed by atoms with Crippen molar-refractivity contribution in [1.82, 2.24) is 9.80 Å². The average Bonchev–Trinajstić information content (AvgIpc) is 3.18. The standard InChI is InChI=1S/C18H22Cl2N2O2/c1-21(2)8-12-13-9-22(10-18(13)6-5-16(12)24-18)17(23)11-3-4-14(19)15(20)7-11/h3-4,7,12-13,16H,5-6,8-10H2,1-2H3/t12-,13+,16+,18+/m0/s1. The van der Waals surface area contributed by atoms with Crippen molar-refractivity contribution in [1.29, 1.82) is 0 Å². The first-order chi connectivity index (χ1) is 11.4. The fourth-order valence-corrected chi connectivity index (χ4v) is 5.12. The minimum absolute atomic E-state index is 0.0213. The van der Waals surface area contributed by atoms with Crippen LogP contribution in [0.5, 0.6) is 0 Å². The summed E-state index contributed by atoms with van der Waals surface area (Å²) < 4.78 is 6.39. The summed E-state index contributed by atoms with van der Waals surface area (Å²) in [5.41, 5.74) is 0.469. The molecule has 1 spiro atoms. The molecule has 0 aliphatic carbocycles. The van der Waals surface area contributed by atoms with Crippen molar-refractivity contribution in [3.05, 3.63) is 33.8 Å². The molecule has 3 aliphatic heterocycles. The summed E-state index contributed by atoms with van der Waals surface area (Å²) in [6.45, 7) is 2.48. The topological polar surface area (TPSA) is 32.8 Å². The van der Waals surface area contributed by atoms with Gasteiger partial charge in [0.15, 0.2) is 0 Å². The number of halogens is 2. The molecule has 0 N–H and O–H groups in total. The Bertz CT molecular complexity index is 681. The van der Waals surface area contributed by atoms with E-state index >= 15 is 0 Å². The van der Waals surface area contributed by atoms with Gasteiger partial charge in [0.25, 0.3) is 5.91 Å². The first-order valence-electron chi connectivity index (χ1n) is 8.46. The van der Waals surface area contributed by atoms with Crippen LogP contribution >= 0.6 is 23.2 Å². The van der Waals surface area contributed by atoms with Gasteiger partial charge < -0.3 is 14.5 Å². The van der Waals surface area contributed by atoms with E-state index in [1.165, 1.54) is 0 Å². The quantitative estimate of drug-likeness (QED) is 0.821. The van der Waals surface area contributed by atoms with Crippen LogP contribution < -0.4 is 0 Å². The summed E-state index contributed by atoms with van der Waals surface area (Å²) in [7, 11) is 4.21. The molecule has 1 aromatic carbocycles. The van der Waals surface area contributed by atoms with Crippen molar-refractivity contribution in [3.8, 4) is 0 Å². The Morgan fingerprint density at radius 3 is 2.88 bits per heavy atom. The van der Waals surface area contributed by atoms with Gasteiger partial charge in [0, 0.05) is 30.5 Å². The summed E-state index contributed by atoms with van der Waals surface area (Å²) >= 11 is 12.0. The molecule has 6 heteroatoms. The molecular weight excluding hydrogens is 347 g/mol. The molecule has 3 fully saturated rings. The van der Waals surface area contributed by atoms with Crippen LogP contribution in [0.15, 0.2) is 18.2 Å². The Kier molecular flexibility index (Phi) is 4.07. The highest BCUT2D eigenvalue weighted by Gasteiger charge is 2.63. The third-order valence-corrected chi connectivity index (χ3v) is 6.55. The van der Waals surface area contributed by atoms with Gasteiger partial charge in [0.2, 0.25) is 0 Å². The molecule has 1 aromatic rings. The van der Waals surface area contributed by atoms with Gasteiger partial charge in [-0.1, -0.05) is 23.2 Å². The minimum atomic E-state index is -0.128. The van der Waals surface area contributed by atoms with E-state index in [1.807, 2.05) is 4.90 Å². The lowest BCUT2D eigenvalue weighted by Crippen LogP contribution is -2.40. The highest BCUT2D eigenvalue weighted by atomic mass is 35.5. The molecule has 1 amide bonds. The highest BCUT2D eigenvalue weighted by Crippen LogP contribution is 2.55.